The Balaban J connectivity index is 3.15. The van der Waals surface area contributed by atoms with Crippen LogP contribution in [-0.4, -0.2) is 23.6 Å². The smallest absolute Gasteiger partial charge is 0.419 e. The molecule has 3 nitrogen and oxygen atoms in total. The van der Waals surface area contributed by atoms with Gasteiger partial charge in [0.05, 0.1) is 12.2 Å². The molecule has 0 saturated carbocycles. The number of carboxylic acids is 1. The molecule has 0 aliphatic rings. The molecule has 19 heavy (non-hydrogen) atoms. The summed E-state index contributed by atoms with van der Waals surface area (Å²) in [7, 11) is 0. The Morgan fingerprint density at radius 3 is 2.53 bits per heavy atom. The summed E-state index contributed by atoms with van der Waals surface area (Å²) in [5.74, 6) is -2.97. The predicted molar refractivity (Wildman–Crippen MR) is 58.5 cm³/mol. The molecule has 0 radical (unpaired) electrons. The Bertz CT molecular complexity index is 462. The third-order valence-electron chi connectivity index (χ3n) is 2.18. The van der Waals surface area contributed by atoms with Gasteiger partial charge >= 0.3 is 12.1 Å². The number of aliphatic carboxylic acids is 1. The number of alkyl halides is 4. The van der Waals surface area contributed by atoms with Crippen LogP contribution in [0.5, 0.6) is 0 Å². The summed E-state index contributed by atoms with van der Waals surface area (Å²) in [5.41, 5.74) is -1.84. The Morgan fingerprint density at radius 2 is 2.05 bits per heavy atom. The number of rotatable bonds is 5. The molecule has 8 heteroatoms. The fraction of sp³-hybridized carbons (Fsp3) is 0.364. The van der Waals surface area contributed by atoms with E-state index >= 15 is 0 Å². The maximum Gasteiger partial charge on any atom is 0.419 e. The van der Waals surface area contributed by atoms with E-state index in [0.29, 0.717) is 12.1 Å². The van der Waals surface area contributed by atoms with Crippen molar-refractivity contribution in [1.29, 1.82) is 0 Å². The van der Waals surface area contributed by atoms with E-state index in [4.69, 9.17) is 21.4 Å². The lowest BCUT2D eigenvalue weighted by Gasteiger charge is -2.15. The Hall–Kier alpha value is -1.34. The highest BCUT2D eigenvalue weighted by Gasteiger charge is 2.35. The minimum absolute atomic E-state index is 0.0168. The minimum Gasteiger partial charge on any atom is -0.479 e. The molecule has 1 atom stereocenters. The van der Waals surface area contributed by atoms with Crippen LogP contribution >= 0.6 is 11.6 Å². The van der Waals surface area contributed by atoms with Gasteiger partial charge in [-0.1, -0.05) is 6.07 Å². The van der Waals surface area contributed by atoms with Crippen molar-refractivity contribution in [2.24, 2.45) is 0 Å². The highest BCUT2D eigenvalue weighted by atomic mass is 35.5. The zero-order chi connectivity index (χ0) is 14.6. The van der Waals surface area contributed by atoms with Gasteiger partial charge in [0, 0.05) is 5.88 Å². The van der Waals surface area contributed by atoms with Gasteiger partial charge < -0.3 is 9.84 Å². The number of hydrogen-bond donors (Lipinski definition) is 1. The van der Waals surface area contributed by atoms with Gasteiger partial charge in [0.2, 0.25) is 0 Å². The van der Waals surface area contributed by atoms with Crippen LogP contribution < -0.4 is 0 Å². The molecule has 0 heterocycles. The summed E-state index contributed by atoms with van der Waals surface area (Å²) >= 11 is 5.31. The SMILES string of the molecule is O=C(O)C(OCCCl)c1ccc(F)c(C(F)(F)F)c1. The summed E-state index contributed by atoms with van der Waals surface area (Å²) in [4.78, 5) is 10.9. The van der Waals surface area contributed by atoms with Crippen LogP contribution in [0.1, 0.15) is 17.2 Å². The largest absolute Gasteiger partial charge is 0.479 e. The molecule has 0 amide bonds. The molecule has 1 unspecified atom stereocenters. The number of ether oxygens (including phenoxy) is 1. The molecule has 0 aliphatic carbocycles. The van der Waals surface area contributed by atoms with Gasteiger partial charge in [-0.25, -0.2) is 9.18 Å². The Kier molecular flexibility index (Phi) is 5.13. The first-order valence-corrected chi connectivity index (χ1v) is 5.58. The third kappa shape index (κ3) is 4.07. The van der Waals surface area contributed by atoms with E-state index in [-0.39, 0.29) is 18.1 Å². The Labute approximate surface area is 110 Å². The third-order valence-corrected chi connectivity index (χ3v) is 2.34. The number of carboxylic acid groups (broad SMARTS) is 1. The van der Waals surface area contributed by atoms with E-state index in [1.807, 2.05) is 0 Å². The lowest BCUT2D eigenvalue weighted by atomic mass is 10.0. The maximum atomic E-state index is 13.1. The van der Waals surface area contributed by atoms with Crippen molar-refractivity contribution >= 4 is 17.6 Å². The highest BCUT2D eigenvalue weighted by Crippen LogP contribution is 2.33. The predicted octanol–water partition coefficient (Wildman–Crippen LogP) is 3.23. The first-order chi connectivity index (χ1) is 8.77. The summed E-state index contributed by atoms with van der Waals surface area (Å²) < 4.78 is 55.4. The maximum absolute atomic E-state index is 13.1. The quantitative estimate of drug-likeness (QED) is 0.671. The molecule has 0 bridgehead atoms. The van der Waals surface area contributed by atoms with Crippen LogP contribution in [0.3, 0.4) is 0 Å². The van der Waals surface area contributed by atoms with Gasteiger partial charge in [0.15, 0.2) is 6.10 Å². The van der Waals surface area contributed by atoms with Gasteiger partial charge in [-0.2, -0.15) is 13.2 Å². The zero-order valence-electron chi connectivity index (χ0n) is 9.38. The second-order valence-electron chi connectivity index (χ2n) is 3.52. The van der Waals surface area contributed by atoms with E-state index < -0.39 is 29.6 Å². The van der Waals surface area contributed by atoms with E-state index in [0.717, 1.165) is 6.07 Å². The molecular weight excluding hydrogens is 292 g/mol. The fourth-order valence-electron chi connectivity index (χ4n) is 1.40. The molecule has 106 valence electrons. The monoisotopic (exact) mass is 300 g/mol. The van der Waals surface area contributed by atoms with Crippen LogP contribution in [0.2, 0.25) is 0 Å². The van der Waals surface area contributed by atoms with Crippen molar-refractivity contribution in [2.75, 3.05) is 12.5 Å². The van der Waals surface area contributed by atoms with E-state index in [2.05, 4.69) is 0 Å². The van der Waals surface area contributed by atoms with E-state index in [9.17, 15) is 22.4 Å². The van der Waals surface area contributed by atoms with Crippen molar-refractivity contribution in [3.8, 4) is 0 Å². The lowest BCUT2D eigenvalue weighted by Crippen LogP contribution is -2.18. The second kappa shape index (κ2) is 6.21. The van der Waals surface area contributed by atoms with Gasteiger partial charge in [0.1, 0.15) is 5.82 Å². The van der Waals surface area contributed by atoms with Gasteiger partial charge in [-0.05, 0) is 17.7 Å². The normalized spacial score (nSPS) is 13.3. The van der Waals surface area contributed by atoms with Gasteiger partial charge in [0.25, 0.3) is 0 Å². The zero-order valence-corrected chi connectivity index (χ0v) is 10.1. The molecule has 0 saturated heterocycles. The van der Waals surface area contributed by atoms with E-state index in [1.165, 1.54) is 0 Å². The van der Waals surface area contributed by atoms with Crippen LogP contribution in [0.15, 0.2) is 18.2 Å². The average Bonchev–Trinajstić information content (AvgIpc) is 2.29. The molecule has 0 spiro atoms. The molecule has 1 rings (SSSR count). The van der Waals surface area contributed by atoms with Gasteiger partial charge in [-0.3, -0.25) is 0 Å². The van der Waals surface area contributed by atoms with Crippen LogP contribution in [0, 0.1) is 5.82 Å². The van der Waals surface area contributed by atoms with E-state index in [1.54, 1.807) is 0 Å². The summed E-state index contributed by atoms with van der Waals surface area (Å²) in [6.07, 6.45) is -6.53. The van der Waals surface area contributed by atoms with Gasteiger partial charge in [-0.15, -0.1) is 11.6 Å². The molecular formula is C11H9ClF4O3. The van der Waals surface area contributed by atoms with Crippen molar-refractivity contribution in [1.82, 2.24) is 0 Å². The molecule has 0 aromatic heterocycles. The topological polar surface area (TPSA) is 46.5 Å². The van der Waals surface area contributed by atoms with Crippen molar-refractivity contribution in [3.05, 3.63) is 35.1 Å². The van der Waals surface area contributed by atoms with Crippen molar-refractivity contribution < 1.29 is 32.2 Å². The molecule has 0 fully saturated rings. The molecule has 1 aromatic rings. The summed E-state index contributed by atoms with van der Waals surface area (Å²) in [5, 5.41) is 8.87. The number of halogens is 5. The summed E-state index contributed by atoms with van der Waals surface area (Å²) in [6.45, 7) is -0.156. The first kappa shape index (κ1) is 15.7. The van der Waals surface area contributed by atoms with Crippen LogP contribution in [0.4, 0.5) is 17.6 Å². The number of benzene rings is 1. The standard InChI is InChI=1S/C11H9ClF4O3/c12-3-4-19-9(10(17)18)6-1-2-8(13)7(5-6)11(14,15)16/h1-2,5,9H,3-4H2,(H,17,18). The second-order valence-corrected chi connectivity index (χ2v) is 3.89. The minimum atomic E-state index is -4.91. The first-order valence-electron chi connectivity index (χ1n) is 5.04. The number of carbonyl (C=O) groups is 1. The van der Waals surface area contributed by atoms with Crippen molar-refractivity contribution in [2.45, 2.75) is 12.3 Å². The molecule has 1 N–H and O–H groups in total. The Morgan fingerprint density at radius 1 is 1.42 bits per heavy atom. The van der Waals surface area contributed by atoms with Crippen molar-refractivity contribution in [3.63, 3.8) is 0 Å². The lowest BCUT2D eigenvalue weighted by molar-refractivity contribution is -0.151. The highest BCUT2D eigenvalue weighted by molar-refractivity contribution is 6.17. The number of hydrogen-bond acceptors (Lipinski definition) is 2. The summed E-state index contributed by atoms with van der Waals surface area (Å²) in [6, 6.07) is 1.90. The van der Waals surface area contributed by atoms with Crippen LogP contribution in [-0.2, 0) is 15.7 Å². The molecule has 1 aromatic carbocycles. The fourth-order valence-corrected chi connectivity index (χ4v) is 1.48. The average molecular weight is 301 g/mol. The molecule has 0 aliphatic heterocycles. The van der Waals surface area contributed by atoms with Crippen LogP contribution in [0.25, 0.3) is 0 Å².